The maximum absolute atomic E-state index is 10.8. The van der Waals surface area contributed by atoms with Gasteiger partial charge in [-0.3, -0.25) is 4.79 Å². The van der Waals surface area contributed by atoms with Crippen LogP contribution in [0.15, 0.2) is 30.3 Å². The second-order valence-electron chi connectivity index (χ2n) is 4.59. The molecule has 0 aromatic heterocycles. The lowest BCUT2D eigenvalue weighted by atomic mass is 9.83. The largest absolute Gasteiger partial charge is 0.276 e. The molecule has 0 unspecified atom stereocenters. The average molecular weight is 257 g/mol. The van der Waals surface area contributed by atoms with Gasteiger partial charge < -0.3 is 0 Å². The average Bonchev–Trinajstić information content (AvgIpc) is 2.15. The van der Waals surface area contributed by atoms with Gasteiger partial charge in [0.05, 0.1) is 5.03 Å². The van der Waals surface area contributed by atoms with Crippen LogP contribution in [0.3, 0.4) is 0 Å². The zero-order valence-corrected chi connectivity index (χ0v) is 11.1. The normalized spacial score (nSPS) is 12.7. The maximum Gasteiger partial charge on any atom is 0.246 e. The Kier molecular flexibility index (Phi) is 4.17. The van der Waals surface area contributed by atoms with Crippen molar-refractivity contribution >= 4 is 33.5 Å². The molecule has 0 bridgehead atoms. The molecule has 0 saturated heterocycles. The van der Waals surface area contributed by atoms with Crippen LogP contribution in [0, 0.1) is 0 Å². The number of hydrogen-bond donors (Lipinski definition) is 0. The highest BCUT2D eigenvalue weighted by Gasteiger charge is 2.18. The van der Waals surface area contributed by atoms with Crippen LogP contribution in [0.5, 0.6) is 0 Å². The molecule has 1 aromatic rings. The summed E-state index contributed by atoms with van der Waals surface area (Å²) in [5.74, 6) is 0. The minimum absolute atomic E-state index is 0.0278. The van der Waals surface area contributed by atoms with Gasteiger partial charge in [0.1, 0.15) is 0 Å². The summed E-state index contributed by atoms with van der Waals surface area (Å²) in [5.41, 5.74) is 1.92. The van der Waals surface area contributed by atoms with E-state index in [-0.39, 0.29) is 5.41 Å². The molecule has 0 amide bonds. The van der Waals surface area contributed by atoms with E-state index in [0.29, 0.717) is 5.03 Å². The summed E-state index contributed by atoms with van der Waals surface area (Å²) in [5, 5.41) is -0.181. The third kappa shape index (κ3) is 3.36. The molecule has 0 aliphatic heterocycles. The molecule has 0 aliphatic rings. The van der Waals surface area contributed by atoms with Crippen molar-refractivity contribution in [3.05, 3.63) is 41.5 Å². The smallest absolute Gasteiger partial charge is 0.246 e. The van der Waals surface area contributed by atoms with Crippen LogP contribution < -0.4 is 0 Å². The Bertz CT molecular complexity index is 428. The van der Waals surface area contributed by atoms with Crippen molar-refractivity contribution in [1.82, 2.24) is 0 Å². The molecule has 1 aromatic carbocycles. The number of benzene rings is 1. The molecule has 0 N–H and O–H groups in total. The van der Waals surface area contributed by atoms with Crippen LogP contribution in [0.2, 0.25) is 0 Å². The van der Waals surface area contributed by atoms with E-state index in [1.807, 2.05) is 24.3 Å². The topological polar surface area (TPSA) is 17.1 Å². The summed E-state index contributed by atoms with van der Waals surface area (Å²) in [6, 6.07) is 7.74. The summed E-state index contributed by atoms with van der Waals surface area (Å²) in [7, 11) is 0. The van der Waals surface area contributed by atoms with E-state index in [0.717, 1.165) is 11.1 Å². The summed E-state index contributed by atoms with van der Waals surface area (Å²) >= 11 is 11.4. The molecule has 0 atom stereocenters. The summed E-state index contributed by atoms with van der Waals surface area (Å²) < 4.78 is 0. The fourth-order valence-corrected chi connectivity index (χ4v) is 1.95. The van der Waals surface area contributed by atoms with Crippen molar-refractivity contribution in [3.8, 4) is 0 Å². The first-order valence-corrected chi connectivity index (χ1v) is 5.74. The lowest BCUT2D eigenvalue weighted by Gasteiger charge is -2.22. The molecule has 86 valence electrons. The van der Waals surface area contributed by atoms with Gasteiger partial charge in [-0.25, -0.2) is 0 Å². The van der Waals surface area contributed by atoms with Crippen LogP contribution in [0.1, 0.15) is 31.9 Å². The van der Waals surface area contributed by atoms with Gasteiger partial charge >= 0.3 is 0 Å². The van der Waals surface area contributed by atoms with Crippen molar-refractivity contribution < 1.29 is 4.79 Å². The quantitative estimate of drug-likeness (QED) is 0.569. The van der Waals surface area contributed by atoms with Gasteiger partial charge in [-0.05, 0) is 28.1 Å². The third-order valence-electron chi connectivity index (χ3n) is 2.23. The van der Waals surface area contributed by atoms with E-state index in [4.69, 9.17) is 23.2 Å². The zero-order chi connectivity index (χ0) is 12.3. The molecule has 1 nitrogen and oxygen atoms in total. The van der Waals surface area contributed by atoms with Crippen molar-refractivity contribution in [2.45, 2.75) is 26.2 Å². The Morgan fingerprint density at radius 1 is 1.19 bits per heavy atom. The fraction of sp³-hybridized carbons (Fsp3) is 0.308. The molecule has 0 spiro atoms. The standard InChI is InChI=1S/C13H14Cl2O/c1-13(2,3)10-7-5-4-6-9(10)11(14)8-12(15)16/h4-8H,1-3H3/b11-8-. The highest BCUT2D eigenvalue weighted by atomic mass is 35.5. The molecule has 1 rings (SSSR count). The second-order valence-corrected chi connectivity index (χ2v) is 5.37. The van der Waals surface area contributed by atoms with Crippen LogP contribution in [0.25, 0.3) is 5.03 Å². The van der Waals surface area contributed by atoms with E-state index >= 15 is 0 Å². The Morgan fingerprint density at radius 2 is 1.75 bits per heavy atom. The number of allylic oxidation sites excluding steroid dienone is 1. The second kappa shape index (κ2) is 5.03. The Labute approximate surface area is 106 Å². The van der Waals surface area contributed by atoms with E-state index in [1.165, 1.54) is 6.08 Å². The van der Waals surface area contributed by atoms with E-state index in [1.54, 1.807) is 0 Å². The van der Waals surface area contributed by atoms with Gasteiger partial charge in [0, 0.05) is 6.08 Å². The maximum atomic E-state index is 10.8. The molecule has 0 heterocycles. The van der Waals surface area contributed by atoms with Gasteiger partial charge in [0.25, 0.3) is 0 Å². The SMILES string of the molecule is CC(C)(C)c1ccccc1/C(Cl)=C/C(=O)Cl. The molecule has 3 heteroatoms. The zero-order valence-electron chi connectivity index (χ0n) is 9.55. The van der Waals surface area contributed by atoms with E-state index in [2.05, 4.69) is 20.8 Å². The monoisotopic (exact) mass is 256 g/mol. The minimum atomic E-state index is -0.561. The van der Waals surface area contributed by atoms with Crippen molar-refractivity contribution in [3.63, 3.8) is 0 Å². The van der Waals surface area contributed by atoms with Gasteiger partial charge in [0.15, 0.2) is 0 Å². The van der Waals surface area contributed by atoms with Gasteiger partial charge in [-0.15, -0.1) is 0 Å². The molecule has 0 radical (unpaired) electrons. The highest BCUT2D eigenvalue weighted by molar-refractivity contribution is 6.68. The summed E-state index contributed by atoms with van der Waals surface area (Å²) in [6.45, 7) is 6.29. The minimum Gasteiger partial charge on any atom is -0.276 e. The van der Waals surface area contributed by atoms with Gasteiger partial charge in [-0.2, -0.15) is 0 Å². The Morgan fingerprint density at radius 3 is 2.25 bits per heavy atom. The molecular weight excluding hydrogens is 243 g/mol. The first-order chi connectivity index (χ1) is 7.32. The summed E-state index contributed by atoms with van der Waals surface area (Å²) in [6.07, 6.45) is 1.23. The first kappa shape index (κ1) is 13.3. The third-order valence-corrected chi connectivity index (χ3v) is 2.65. The number of halogens is 2. The Balaban J connectivity index is 3.29. The fourth-order valence-electron chi connectivity index (χ4n) is 1.52. The molecule has 0 fully saturated rings. The summed E-state index contributed by atoms with van der Waals surface area (Å²) in [4.78, 5) is 10.8. The van der Waals surface area contributed by atoms with Crippen molar-refractivity contribution in [1.29, 1.82) is 0 Å². The lowest BCUT2D eigenvalue weighted by Crippen LogP contribution is -2.13. The molecule has 0 aliphatic carbocycles. The number of carbonyl (C=O) groups is 1. The van der Waals surface area contributed by atoms with Crippen LogP contribution >= 0.6 is 23.2 Å². The van der Waals surface area contributed by atoms with Crippen LogP contribution in [-0.2, 0) is 10.2 Å². The molecule has 16 heavy (non-hydrogen) atoms. The van der Waals surface area contributed by atoms with Crippen LogP contribution in [0.4, 0.5) is 0 Å². The van der Waals surface area contributed by atoms with Gasteiger partial charge in [-0.1, -0.05) is 56.6 Å². The van der Waals surface area contributed by atoms with E-state index < -0.39 is 5.24 Å². The number of carbonyl (C=O) groups excluding carboxylic acids is 1. The van der Waals surface area contributed by atoms with Crippen LogP contribution in [-0.4, -0.2) is 5.24 Å². The molecule has 0 saturated carbocycles. The predicted molar refractivity (Wildman–Crippen MR) is 69.8 cm³/mol. The van der Waals surface area contributed by atoms with Crippen molar-refractivity contribution in [2.75, 3.05) is 0 Å². The van der Waals surface area contributed by atoms with Gasteiger partial charge in [0.2, 0.25) is 5.24 Å². The molecular formula is C13H14Cl2O. The number of rotatable bonds is 2. The Hall–Kier alpha value is -0.790. The van der Waals surface area contributed by atoms with E-state index in [9.17, 15) is 4.79 Å². The highest BCUT2D eigenvalue weighted by Crippen LogP contribution is 2.31. The first-order valence-electron chi connectivity index (χ1n) is 4.99. The predicted octanol–water partition coefficient (Wildman–Crippen LogP) is 4.33. The number of hydrogen-bond acceptors (Lipinski definition) is 1. The lowest BCUT2D eigenvalue weighted by molar-refractivity contribution is -0.107. The van der Waals surface area contributed by atoms with Crippen molar-refractivity contribution in [2.24, 2.45) is 0 Å².